The van der Waals surface area contributed by atoms with E-state index in [0.717, 1.165) is 17.1 Å². The molecule has 0 fully saturated rings. The average Bonchev–Trinajstić information content (AvgIpc) is 2.31. The number of rotatable bonds is 1. The standard InChI is InChI=1S/C15H23NO2/c1-9-8-18-14-11(13(9)16)6-10(17-5)7-12(14)15(2,3)4/h6-7,9,13H,8,16H2,1-5H3. The minimum Gasteiger partial charge on any atom is -0.497 e. The van der Waals surface area contributed by atoms with Gasteiger partial charge in [0.15, 0.2) is 0 Å². The Labute approximate surface area is 109 Å². The van der Waals surface area contributed by atoms with Crippen LogP contribution in [0.3, 0.4) is 0 Å². The van der Waals surface area contributed by atoms with Crippen molar-refractivity contribution in [2.45, 2.75) is 39.2 Å². The van der Waals surface area contributed by atoms with Crippen LogP contribution in [0.5, 0.6) is 11.5 Å². The Balaban J connectivity index is 2.62. The summed E-state index contributed by atoms with van der Waals surface area (Å²) in [7, 11) is 1.69. The summed E-state index contributed by atoms with van der Waals surface area (Å²) in [4.78, 5) is 0. The number of hydrogen-bond donors (Lipinski definition) is 1. The van der Waals surface area contributed by atoms with Gasteiger partial charge in [-0.2, -0.15) is 0 Å². The molecule has 1 aliphatic heterocycles. The third kappa shape index (κ3) is 2.19. The summed E-state index contributed by atoms with van der Waals surface area (Å²) in [6, 6.07) is 4.08. The molecule has 18 heavy (non-hydrogen) atoms. The highest BCUT2D eigenvalue weighted by molar-refractivity contribution is 5.52. The maximum atomic E-state index is 6.29. The van der Waals surface area contributed by atoms with E-state index in [4.69, 9.17) is 15.2 Å². The van der Waals surface area contributed by atoms with Gasteiger partial charge in [-0.3, -0.25) is 0 Å². The van der Waals surface area contributed by atoms with Crippen LogP contribution in [-0.4, -0.2) is 13.7 Å². The van der Waals surface area contributed by atoms with Gasteiger partial charge >= 0.3 is 0 Å². The monoisotopic (exact) mass is 249 g/mol. The summed E-state index contributed by atoms with van der Waals surface area (Å²) < 4.78 is 11.3. The van der Waals surface area contributed by atoms with Crippen LogP contribution in [-0.2, 0) is 5.41 Å². The van der Waals surface area contributed by atoms with Crippen LogP contribution >= 0.6 is 0 Å². The van der Waals surface area contributed by atoms with E-state index in [1.165, 1.54) is 5.56 Å². The van der Waals surface area contributed by atoms with Crippen molar-refractivity contribution in [1.29, 1.82) is 0 Å². The highest BCUT2D eigenvalue weighted by atomic mass is 16.5. The zero-order valence-corrected chi connectivity index (χ0v) is 11.9. The first-order valence-electron chi connectivity index (χ1n) is 6.45. The zero-order valence-electron chi connectivity index (χ0n) is 11.9. The van der Waals surface area contributed by atoms with Crippen molar-refractivity contribution in [3.63, 3.8) is 0 Å². The second kappa shape index (κ2) is 4.47. The fourth-order valence-electron chi connectivity index (χ4n) is 2.33. The van der Waals surface area contributed by atoms with Crippen molar-refractivity contribution >= 4 is 0 Å². The van der Waals surface area contributed by atoms with Crippen molar-refractivity contribution in [3.8, 4) is 11.5 Å². The number of nitrogens with two attached hydrogens (primary N) is 1. The summed E-state index contributed by atoms with van der Waals surface area (Å²) in [5, 5.41) is 0. The Kier molecular flexibility index (Phi) is 3.28. The molecule has 3 heteroatoms. The summed E-state index contributed by atoms with van der Waals surface area (Å²) in [5.41, 5.74) is 8.54. The first-order valence-corrected chi connectivity index (χ1v) is 6.45. The molecule has 1 aromatic carbocycles. The molecule has 0 bridgehead atoms. The Morgan fingerprint density at radius 3 is 2.56 bits per heavy atom. The van der Waals surface area contributed by atoms with Crippen LogP contribution in [0.4, 0.5) is 0 Å². The normalized spacial score (nSPS) is 23.2. The van der Waals surface area contributed by atoms with Crippen LogP contribution in [0.25, 0.3) is 0 Å². The second-order valence-electron chi connectivity index (χ2n) is 6.16. The molecular formula is C15H23NO2. The lowest BCUT2D eigenvalue weighted by Crippen LogP contribution is -2.31. The molecule has 1 aliphatic rings. The SMILES string of the molecule is COc1cc2c(c(C(C)(C)C)c1)OCC(C)C2N. The first kappa shape index (κ1) is 13.2. The van der Waals surface area contributed by atoms with E-state index in [1.54, 1.807) is 7.11 Å². The van der Waals surface area contributed by atoms with Crippen LogP contribution < -0.4 is 15.2 Å². The van der Waals surface area contributed by atoms with Crippen molar-refractivity contribution in [3.05, 3.63) is 23.3 Å². The summed E-state index contributed by atoms with van der Waals surface area (Å²) in [5.74, 6) is 2.14. The van der Waals surface area contributed by atoms with Crippen molar-refractivity contribution < 1.29 is 9.47 Å². The highest BCUT2D eigenvalue weighted by Crippen LogP contribution is 2.43. The van der Waals surface area contributed by atoms with Crippen molar-refractivity contribution in [2.75, 3.05) is 13.7 Å². The molecule has 2 atom stereocenters. The lowest BCUT2D eigenvalue weighted by Gasteiger charge is -2.33. The number of ether oxygens (including phenoxy) is 2. The molecule has 2 N–H and O–H groups in total. The average molecular weight is 249 g/mol. The second-order valence-corrected chi connectivity index (χ2v) is 6.16. The predicted molar refractivity (Wildman–Crippen MR) is 73.3 cm³/mol. The van der Waals surface area contributed by atoms with E-state index in [2.05, 4.69) is 33.8 Å². The van der Waals surface area contributed by atoms with E-state index in [1.807, 2.05) is 6.07 Å². The van der Waals surface area contributed by atoms with Crippen molar-refractivity contribution in [1.82, 2.24) is 0 Å². The fraction of sp³-hybridized carbons (Fsp3) is 0.600. The van der Waals surface area contributed by atoms with E-state index < -0.39 is 0 Å². The molecule has 1 aromatic rings. The van der Waals surface area contributed by atoms with E-state index in [0.29, 0.717) is 12.5 Å². The smallest absolute Gasteiger partial charge is 0.128 e. The van der Waals surface area contributed by atoms with E-state index >= 15 is 0 Å². The minimum absolute atomic E-state index is 0.0128. The molecule has 0 saturated carbocycles. The van der Waals surface area contributed by atoms with Gasteiger partial charge in [0.05, 0.1) is 13.7 Å². The quantitative estimate of drug-likeness (QED) is 0.832. The molecule has 0 amide bonds. The lowest BCUT2D eigenvalue weighted by atomic mass is 9.82. The number of methoxy groups -OCH3 is 1. The Morgan fingerprint density at radius 1 is 1.33 bits per heavy atom. The molecule has 2 unspecified atom stereocenters. The molecule has 3 nitrogen and oxygen atoms in total. The fourth-order valence-corrected chi connectivity index (χ4v) is 2.33. The first-order chi connectivity index (χ1) is 8.34. The number of fused-ring (bicyclic) bond motifs is 1. The minimum atomic E-state index is 0.0128. The van der Waals surface area contributed by atoms with Gasteiger partial charge in [0.25, 0.3) is 0 Å². The van der Waals surface area contributed by atoms with Gasteiger partial charge in [-0.25, -0.2) is 0 Å². The van der Waals surface area contributed by atoms with E-state index in [9.17, 15) is 0 Å². The third-order valence-electron chi connectivity index (χ3n) is 3.60. The Hall–Kier alpha value is -1.22. The molecule has 0 saturated heterocycles. The molecule has 0 spiro atoms. The van der Waals surface area contributed by atoms with Gasteiger partial charge in [-0.15, -0.1) is 0 Å². The molecular weight excluding hydrogens is 226 g/mol. The highest BCUT2D eigenvalue weighted by Gasteiger charge is 2.31. The van der Waals surface area contributed by atoms with E-state index in [-0.39, 0.29) is 11.5 Å². The summed E-state index contributed by atoms with van der Waals surface area (Å²) in [6.07, 6.45) is 0. The molecule has 0 radical (unpaired) electrons. The number of hydrogen-bond acceptors (Lipinski definition) is 3. The van der Waals surface area contributed by atoms with Crippen LogP contribution in [0.1, 0.15) is 44.9 Å². The van der Waals surface area contributed by atoms with Crippen molar-refractivity contribution in [2.24, 2.45) is 11.7 Å². The molecule has 1 heterocycles. The third-order valence-corrected chi connectivity index (χ3v) is 3.60. The van der Waals surface area contributed by atoms with Gasteiger partial charge in [-0.1, -0.05) is 27.7 Å². The van der Waals surface area contributed by atoms with Gasteiger partial charge in [0.2, 0.25) is 0 Å². The summed E-state index contributed by atoms with van der Waals surface area (Å²) in [6.45, 7) is 9.33. The summed E-state index contributed by atoms with van der Waals surface area (Å²) >= 11 is 0. The zero-order chi connectivity index (χ0) is 13.5. The molecule has 0 aliphatic carbocycles. The number of benzene rings is 1. The van der Waals surface area contributed by atoms with Crippen LogP contribution in [0, 0.1) is 5.92 Å². The Morgan fingerprint density at radius 2 is 2.00 bits per heavy atom. The topological polar surface area (TPSA) is 44.5 Å². The van der Waals surface area contributed by atoms with Gasteiger partial charge in [-0.05, 0) is 17.5 Å². The Bertz CT molecular complexity index is 449. The predicted octanol–water partition coefficient (Wildman–Crippen LogP) is 3.02. The molecule has 0 aromatic heterocycles. The van der Waals surface area contributed by atoms with Crippen LogP contribution in [0.15, 0.2) is 12.1 Å². The maximum absolute atomic E-state index is 6.29. The van der Waals surface area contributed by atoms with Gasteiger partial charge in [0.1, 0.15) is 11.5 Å². The van der Waals surface area contributed by atoms with Crippen LogP contribution in [0.2, 0.25) is 0 Å². The lowest BCUT2D eigenvalue weighted by molar-refractivity contribution is 0.202. The maximum Gasteiger partial charge on any atom is 0.128 e. The molecule has 100 valence electrons. The van der Waals surface area contributed by atoms with Gasteiger partial charge < -0.3 is 15.2 Å². The molecule has 2 rings (SSSR count). The van der Waals surface area contributed by atoms with Gasteiger partial charge in [0, 0.05) is 23.1 Å². The largest absolute Gasteiger partial charge is 0.497 e.